The number of aromatic nitrogens is 2. The van der Waals surface area contributed by atoms with Crippen LogP contribution >= 0.6 is 9.24 Å². The zero-order valence-electron chi connectivity index (χ0n) is 16.2. The lowest BCUT2D eigenvalue weighted by atomic mass is 10.2. The maximum atomic E-state index is 11.9. The second-order valence-corrected chi connectivity index (χ2v) is 7.47. The number of hydrogen-bond acceptors (Lipinski definition) is 6. The van der Waals surface area contributed by atoms with Crippen molar-refractivity contribution in [3.8, 4) is 11.5 Å². The van der Waals surface area contributed by atoms with Crippen molar-refractivity contribution in [3.05, 3.63) is 66.2 Å². The third-order valence-electron chi connectivity index (χ3n) is 4.06. The lowest BCUT2D eigenvalue weighted by molar-refractivity contribution is -0.695. The lowest BCUT2D eigenvalue weighted by Crippen LogP contribution is -2.34. The van der Waals surface area contributed by atoms with Gasteiger partial charge < -0.3 is 14.9 Å². The molecule has 0 radical (unpaired) electrons. The van der Waals surface area contributed by atoms with Crippen molar-refractivity contribution in [3.63, 3.8) is 0 Å². The van der Waals surface area contributed by atoms with Gasteiger partial charge in [-0.25, -0.2) is 4.57 Å². The Kier molecular flexibility index (Phi) is 7.09. The van der Waals surface area contributed by atoms with Crippen LogP contribution in [-0.4, -0.2) is 23.0 Å². The first-order valence-electron chi connectivity index (χ1n) is 9.25. The number of rotatable bonds is 8. The van der Waals surface area contributed by atoms with Crippen LogP contribution in [0.5, 0.6) is 0 Å². The van der Waals surface area contributed by atoms with E-state index in [1.165, 1.54) is 0 Å². The molecule has 0 amide bonds. The number of nitrogen functional groups attached to an aromatic ring is 1. The highest BCUT2D eigenvalue weighted by Crippen LogP contribution is 2.21. The molecule has 3 rings (SSSR count). The number of nitrogens with zero attached hydrogens (tertiary/aromatic N) is 3. The average Bonchev–Trinajstić information content (AvgIpc) is 3.11. The van der Waals surface area contributed by atoms with E-state index in [0.717, 1.165) is 11.1 Å². The van der Waals surface area contributed by atoms with Crippen molar-refractivity contribution >= 4 is 27.2 Å². The number of carbonyl (C=O) groups is 1. The largest absolute Gasteiger partial charge is 0.461 e. The van der Waals surface area contributed by atoms with Gasteiger partial charge in [-0.15, -0.1) is 9.24 Å². The Balaban J connectivity index is 1.54. The molecule has 29 heavy (non-hydrogen) atoms. The van der Waals surface area contributed by atoms with Crippen LogP contribution in [0.25, 0.3) is 11.5 Å². The molecular weight excluding hydrogens is 387 g/mol. The summed E-state index contributed by atoms with van der Waals surface area (Å²) in [5.74, 6) is 0.991. The molecule has 0 bridgehead atoms. The number of ether oxygens (including phenoxy) is 1. The van der Waals surface area contributed by atoms with E-state index in [4.69, 9.17) is 14.9 Å². The minimum Gasteiger partial charge on any atom is -0.461 e. The number of benzene rings is 1. The smallest absolute Gasteiger partial charge is 0.312 e. The first-order chi connectivity index (χ1) is 14.0. The molecular formula is C21H24N4O3P+. The third kappa shape index (κ3) is 6.22. The number of anilines is 1. The van der Waals surface area contributed by atoms with Gasteiger partial charge in [-0.1, -0.05) is 30.3 Å². The number of pyridine rings is 1. The summed E-state index contributed by atoms with van der Waals surface area (Å²) in [6, 6.07) is 13.3. The van der Waals surface area contributed by atoms with Crippen molar-refractivity contribution in [1.82, 2.24) is 4.98 Å². The quantitative estimate of drug-likeness (QED) is 0.266. The molecule has 0 aliphatic rings. The van der Waals surface area contributed by atoms with Gasteiger partial charge in [0.1, 0.15) is 13.0 Å². The van der Waals surface area contributed by atoms with Gasteiger partial charge in [0.05, 0.1) is 12.0 Å². The Morgan fingerprint density at radius 1 is 1.31 bits per heavy atom. The second-order valence-electron chi connectivity index (χ2n) is 6.51. The average molecular weight is 411 g/mol. The van der Waals surface area contributed by atoms with Crippen LogP contribution < -0.4 is 10.3 Å². The molecule has 2 N–H and O–H groups in total. The highest BCUT2D eigenvalue weighted by atomic mass is 31.0. The summed E-state index contributed by atoms with van der Waals surface area (Å²) in [5, 5.41) is 0. The van der Waals surface area contributed by atoms with Gasteiger partial charge in [-0.3, -0.25) is 9.79 Å². The zero-order valence-corrected chi connectivity index (χ0v) is 17.3. The third-order valence-corrected chi connectivity index (χ3v) is 4.24. The van der Waals surface area contributed by atoms with Crippen molar-refractivity contribution in [2.24, 2.45) is 4.99 Å². The van der Waals surface area contributed by atoms with Crippen LogP contribution in [0.4, 0.5) is 5.82 Å². The van der Waals surface area contributed by atoms with Crippen LogP contribution in [0.3, 0.4) is 0 Å². The number of hydrogen-bond donors (Lipinski definition) is 1. The molecule has 0 fully saturated rings. The Bertz CT molecular complexity index is 969. The Hall–Kier alpha value is -3.05. The first kappa shape index (κ1) is 20.7. The number of oxazole rings is 1. The van der Waals surface area contributed by atoms with Gasteiger partial charge in [-0.05, 0) is 12.5 Å². The summed E-state index contributed by atoms with van der Waals surface area (Å²) in [6.45, 7) is 2.74. The molecule has 0 saturated carbocycles. The summed E-state index contributed by atoms with van der Waals surface area (Å²) in [7, 11) is 2.57. The number of esters is 1. The molecule has 1 aromatic carbocycles. The highest BCUT2D eigenvalue weighted by Gasteiger charge is 2.13. The minimum atomic E-state index is -0.238. The first-order valence-corrected chi connectivity index (χ1v) is 9.92. The lowest BCUT2D eigenvalue weighted by Gasteiger charge is -2.03. The number of aryl methyl sites for hydroxylation is 1. The van der Waals surface area contributed by atoms with E-state index in [1.807, 2.05) is 66.3 Å². The Morgan fingerprint density at radius 3 is 2.72 bits per heavy atom. The number of nitrogens with two attached hydrogens (primary N) is 1. The molecule has 3 aromatic rings. The van der Waals surface area contributed by atoms with E-state index in [1.54, 1.807) is 6.21 Å². The minimum absolute atomic E-state index is 0.0676. The summed E-state index contributed by atoms with van der Waals surface area (Å²) >= 11 is 0. The standard InChI is InChI=1S/C21H24N4O3P/c1-15(29)23-13-18-20(22)24-21(28-18)17-7-10-25(11-8-17)12-9-19(26)27-14-16-5-3-2-4-6-16/h2-8,10-11,13,15H,9,12,14,22,29H2,1H3/q+1/b23-13-. The predicted molar refractivity (Wildman–Crippen MR) is 114 cm³/mol. The summed E-state index contributed by atoms with van der Waals surface area (Å²) in [6.07, 6.45) is 5.59. The van der Waals surface area contributed by atoms with Crippen molar-refractivity contribution < 1.29 is 18.5 Å². The van der Waals surface area contributed by atoms with E-state index in [-0.39, 0.29) is 24.8 Å². The highest BCUT2D eigenvalue weighted by molar-refractivity contribution is 7.17. The van der Waals surface area contributed by atoms with E-state index in [0.29, 0.717) is 24.0 Å². The molecule has 2 aromatic heterocycles. The molecule has 7 nitrogen and oxygen atoms in total. The van der Waals surface area contributed by atoms with Gasteiger partial charge in [-0.2, -0.15) is 4.98 Å². The van der Waals surface area contributed by atoms with Gasteiger partial charge in [0, 0.05) is 17.7 Å². The fourth-order valence-corrected chi connectivity index (χ4v) is 2.61. The van der Waals surface area contributed by atoms with Crippen LogP contribution in [0, 0.1) is 0 Å². The van der Waals surface area contributed by atoms with Gasteiger partial charge in [0.15, 0.2) is 30.5 Å². The molecule has 2 atom stereocenters. The summed E-state index contributed by atoms with van der Waals surface area (Å²) < 4.78 is 12.9. The predicted octanol–water partition coefficient (Wildman–Crippen LogP) is 2.98. The second kappa shape index (κ2) is 9.94. The molecule has 8 heteroatoms. The van der Waals surface area contributed by atoms with Gasteiger partial charge >= 0.3 is 5.97 Å². The van der Waals surface area contributed by atoms with Crippen LogP contribution in [-0.2, 0) is 22.7 Å². The number of aliphatic imine (C=N–C) groups is 1. The topological polar surface area (TPSA) is 94.6 Å². The molecule has 2 unspecified atom stereocenters. The van der Waals surface area contributed by atoms with E-state index in [9.17, 15) is 4.79 Å². The van der Waals surface area contributed by atoms with Crippen molar-refractivity contribution in [2.75, 3.05) is 5.73 Å². The zero-order chi connectivity index (χ0) is 20.6. The van der Waals surface area contributed by atoms with E-state index < -0.39 is 0 Å². The van der Waals surface area contributed by atoms with Gasteiger partial charge in [0.2, 0.25) is 5.89 Å². The fourth-order valence-electron chi connectivity index (χ4n) is 2.52. The van der Waals surface area contributed by atoms with E-state index >= 15 is 0 Å². The Labute approximate surface area is 171 Å². The molecule has 2 heterocycles. The Morgan fingerprint density at radius 2 is 2.03 bits per heavy atom. The number of carbonyl (C=O) groups excluding carboxylic acids is 1. The van der Waals surface area contributed by atoms with Crippen LogP contribution in [0.1, 0.15) is 24.7 Å². The summed E-state index contributed by atoms with van der Waals surface area (Å²) in [5.41, 5.74) is 7.65. The molecule has 0 saturated heterocycles. The maximum absolute atomic E-state index is 11.9. The monoisotopic (exact) mass is 411 g/mol. The van der Waals surface area contributed by atoms with Crippen molar-refractivity contribution in [1.29, 1.82) is 0 Å². The van der Waals surface area contributed by atoms with Crippen LogP contribution in [0.15, 0.2) is 64.3 Å². The maximum Gasteiger partial charge on any atom is 0.312 e. The van der Waals surface area contributed by atoms with Gasteiger partial charge in [0.25, 0.3) is 0 Å². The normalized spacial score (nSPS) is 12.2. The molecule has 0 aliphatic carbocycles. The molecule has 0 aliphatic heterocycles. The molecule has 0 spiro atoms. The summed E-state index contributed by atoms with van der Waals surface area (Å²) in [4.78, 5) is 20.4. The molecule has 150 valence electrons. The fraction of sp³-hybridized carbons (Fsp3) is 0.238. The van der Waals surface area contributed by atoms with Crippen molar-refractivity contribution in [2.45, 2.75) is 32.3 Å². The van der Waals surface area contributed by atoms with Crippen LogP contribution in [0.2, 0.25) is 0 Å². The SMILES string of the molecule is CC(P)/N=C\c1oc(-c2cc[n+](CCC(=O)OCc3ccccc3)cc2)nc1N. The van der Waals surface area contributed by atoms with E-state index in [2.05, 4.69) is 19.2 Å².